The molecule has 0 aromatic rings. The van der Waals surface area contributed by atoms with Crippen LogP contribution in [0, 0.1) is 0 Å². The molecule has 362 valence electrons. The second kappa shape index (κ2) is 42.6. The molecule has 6 atom stereocenters. The summed E-state index contributed by atoms with van der Waals surface area (Å²) in [4.78, 5) is 25.4. The van der Waals surface area contributed by atoms with E-state index >= 15 is 0 Å². The van der Waals surface area contributed by atoms with Gasteiger partial charge in [-0.25, -0.2) is 0 Å². The van der Waals surface area contributed by atoms with Crippen LogP contribution in [0.2, 0.25) is 0 Å². The third-order valence-electron chi connectivity index (χ3n) is 12.5. The van der Waals surface area contributed by atoms with Crippen LogP contribution in [0.4, 0.5) is 0 Å². The summed E-state index contributed by atoms with van der Waals surface area (Å²) in [7, 11) is 0. The van der Waals surface area contributed by atoms with E-state index in [0.29, 0.717) is 6.42 Å². The van der Waals surface area contributed by atoms with E-state index in [4.69, 9.17) is 18.9 Å². The van der Waals surface area contributed by atoms with Crippen molar-refractivity contribution < 1.29 is 49.0 Å². The van der Waals surface area contributed by atoms with Crippen molar-refractivity contribution in [3.8, 4) is 0 Å². The molecule has 0 saturated carbocycles. The number of carbonyl (C=O) groups is 2. The fourth-order valence-electron chi connectivity index (χ4n) is 8.37. The molecule has 0 radical (unpaired) electrons. The number of carbonyl (C=O) groups excluding carboxylic acids is 2. The minimum atomic E-state index is -1.59. The Morgan fingerprint density at radius 3 is 1.11 bits per heavy atom. The molecule has 1 aliphatic heterocycles. The van der Waals surface area contributed by atoms with Crippen molar-refractivity contribution in [2.75, 3.05) is 19.8 Å². The van der Waals surface area contributed by atoms with E-state index in [9.17, 15) is 30.0 Å². The van der Waals surface area contributed by atoms with Gasteiger partial charge in [0.15, 0.2) is 12.4 Å². The van der Waals surface area contributed by atoms with Gasteiger partial charge < -0.3 is 39.4 Å². The van der Waals surface area contributed by atoms with E-state index in [1.54, 1.807) is 0 Å². The van der Waals surface area contributed by atoms with E-state index in [-0.39, 0.29) is 32.0 Å². The smallest absolute Gasteiger partial charge is 0.306 e. The standard InChI is InChI=1S/C51H98O10/c1-3-5-7-9-11-13-15-17-19-21-23-25-27-29-31-33-35-37-39-46(53)58-42-44(43-59-51-50(57)49(56)48(55)45(41-52)61-51)60-47(54)40-38-36-34-32-30-28-26-24-22-20-18-16-14-12-10-8-6-4-2/h44-45,48-52,55-57H,3-43H2,1-2H3/t44-,45-,48+,49?,50?,51-/m0/s1. The SMILES string of the molecule is CCCCCCCCCCCCCCCCCCCCC(=O)OC[C@@H](CO[C@H]1O[C@@H](CO)[C@@H](O)C(O)C1O)OC(=O)CCCCCCCCCCCCCCCCCCCC. The van der Waals surface area contributed by atoms with Gasteiger partial charge in [0.25, 0.3) is 0 Å². The van der Waals surface area contributed by atoms with Crippen molar-refractivity contribution in [3.05, 3.63) is 0 Å². The van der Waals surface area contributed by atoms with E-state index in [0.717, 1.165) is 38.5 Å². The minimum absolute atomic E-state index is 0.208. The number of hydrogen-bond acceptors (Lipinski definition) is 10. The predicted octanol–water partition coefficient (Wildman–Crippen LogP) is 12.1. The van der Waals surface area contributed by atoms with Gasteiger partial charge in [-0.15, -0.1) is 0 Å². The number of aliphatic hydroxyl groups is 4. The molecule has 10 nitrogen and oxygen atoms in total. The molecule has 1 saturated heterocycles. The molecule has 1 fully saturated rings. The van der Waals surface area contributed by atoms with E-state index < -0.39 is 49.4 Å². The van der Waals surface area contributed by atoms with Crippen molar-refractivity contribution >= 4 is 11.9 Å². The Labute approximate surface area is 374 Å². The molecule has 0 bridgehead atoms. The van der Waals surface area contributed by atoms with Gasteiger partial charge in [-0.1, -0.05) is 232 Å². The number of aliphatic hydroxyl groups excluding tert-OH is 4. The van der Waals surface area contributed by atoms with Crippen LogP contribution in [-0.2, 0) is 28.5 Å². The Kier molecular flexibility index (Phi) is 40.3. The molecule has 1 heterocycles. The van der Waals surface area contributed by atoms with Crippen LogP contribution in [0.25, 0.3) is 0 Å². The van der Waals surface area contributed by atoms with Crippen molar-refractivity contribution in [2.24, 2.45) is 0 Å². The molecule has 1 aliphatic rings. The van der Waals surface area contributed by atoms with Crippen molar-refractivity contribution in [2.45, 2.75) is 295 Å². The highest BCUT2D eigenvalue weighted by Gasteiger charge is 2.44. The molecule has 1 rings (SSSR count). The zero-order chi connectivity index (χ0) is 44.4. The molecule has 0 aliphatic carbocycles. The van der Waals surface area contributed by atoms with E-state index in [2.05, 4.69) is 13.8 Å². The van der Waals surface area contributed by atoms with Crippen LogP contribution in [0.5, 0.6) is 0 Å². The van der Waals surface area contributed by atoms with Crippen LogP contribution in [0.3, 0.4) is 0 Å². The lowest BCUT2D eigenvalue weighted by atomic mass is 9.99. The molecule has 0 aromatic carbocycles. The van der Waals surface area contributed by atoms with Gasteiger partial charge in [-0.3, -0.25) is 9.59 Å². The molecule has 0 amide bonds. The summed E-state index contributed by atoms with van der Waals surface area (Å²) in [6.07, 6.45) is 38.2. The minimum Gasteiger partial charge on any atom is -0.462 e. The lowest BCUT2D eigenvalue weighted by molar-refractivity contribution is -0.305. The number of hydrogen-bond donors (Lipinski definition) is 4. The Bertz CT molecular complexity index is 964. The number of rotatable bonds is 45. The van der Waals surface area contributed by atoms with Crippen molar-refractivity contribution in [1.82, 2.24) is 0 Å². The molecule has 61 heavy (non-hydrogen) atoms. The lowest BCUT2D eigenvalue weighted by Gasteiger charge is -2.39. The summed E-state index contributed by atoms with van der Waals surface area (Å²) in [5.74, 6) is -0.785. The van der Waals surface area contributed by atoms with Gasteiger partial charge >= 0.3 is 11.9 Å². The fraction of sp³-hybridized carbons (Fsp3) is 0.961. The lowest BCUT2D eigenvalue weighted by Crippen LogP contribution is -2.59. The summed E-state index contributed by atoms with van der Waals surface area (Å²) < 4.78 is 22.3. The Hall–Kier alpha value is -1.30. The average molecular weight is 871 g/mol. The maximum Gasteiger partial charge on any atom is 0.306 e. The summed E-state index contributed by atoms with van der Waals surface area (Å²) >= 11 is 0. The summed E-state index contributed by atoms with van der Waals surface area (Å²) in [5.41, 5.74) is 0. The summed E-state index contributed by atoms with van der Waals surface area (Å²) in [5, 5.41) is 40.2. The summed E-state index contributed by atoms with van der Waals surface area (Å²) in [6.45, 7) is 3.48. The topological polar surface area (TPSA) is 152 Å². The van der Waals surface area contributed by atoms with Crippen molar-refractivity contribution in [3.63, 3.8) is 0 Å². The highest BCUT2D eigenvalue weighted by atomic mass is 16.7. The third-order valence-corrected chi connectivity index (χ3v) is 12.5. The molecule has 10 heteroatoms. The Morgan fingerprint density at radius 2 is 0.770 bits per heavy atom. The first kappa shape index (κ1) is 57.7. The maximum atomic E-state index is 12.8. The highest BCUT2D eigenvalue weighted by Crippen LogP contribution is 2.23. The first-order chi connectivity index (χ1) is 29.8. The number of esters is 2. The van der Waals surface area contributed by atoms with Crippen LogP contribution < -0.4 is 0 Å². The average Bonchev–Trinajstić information content (AvgIpc) is 3.26. The van der Waals surface area contributed by atoms with E-state index in [1.807, 2.05) is 0 Å². The highest BCUT2D eigenvalue weighted by molar-refractivity contribution is 5.70. The second-order valence-corrected chi connectivity index (χ2v) is 18.3. The quantitative estimate of drug-likeness (QED) is 0.0344. The van der Waals surface area contributed by atoms with Gasteiger partial charge in [-0.2, -0.15) is 0 Å². The van der Waals surface area contributed by atoms with Gasteiger partial charge in [0, 0.05) is 12.8 Å². The third kappa shape index (κ3) is 33.8. The van der Waals surface area contributed by atoms with Gasteiger partial charge in [0.2, 0.25) is 0 Å². The molecular weight excluding hydrogens is 773 g/mol. The Morgan fingerprint density at radius 1 is 0.443 bits per heavy atom. The van der Waals surface area contributed by atoms with Gasteiger partial charge in [0.1, 0.15) is 31.0 Å². The fourth-order valence-corrected chi connectivity index (χ4v) is 8.37. The molecule has 4 N–H and O–H groups in total. The second-order valence-electron chi connectivity index (χ2n) is 18.3. The largest absolute Gasteiger partial charge is 0.462 e. The van der Waals surface area contributed by atoms with Crippen LogP contribution in [0.15, 0.2) is 0 Å². The predicted molar refractivity (Wildman–Crippen MR) is 247 cm³/mol. The normalized spacial score (nSPS) is 19.6. The van der Waals surface area contributed by atoms with E-state index in [1.165, 1.54) is 186 Å². The first-order valence-electron chi connectivity index (χ1n) is 26.1. The van der Waals surface area contributed by atoms with Crippen LogP contribution >= 0.6 is 0 Å². The Balaban J connectivity index is 2.23. The first-order valence-corrected chi connectivity index (χ1v) is 26.1. The zero-order valence-electron chi connectivity index (χ0n) is 39.7. The maximum absolute atomic E-state index is 12.8. The monoisotopic (exact) mass is 871 g/mol. The van der Waals surface area contributed by atoms with Crippen molar-refractivity contribution in [1.29, 1.82) is 0 Å². The van der Waals surface area contributed by atoms with Gasteiger partial charge in [-0.05, 0) is 12.8 Å². The number of unbranched alkanes of at least 4 members (excludes halogenated alkanes) is 34. The zero-order valence-corrected chi connectivity index (χ0v) is 39.7. The molecule has 0 aromatic heterocycles. The van der Waals surface area contributed by atoms with Crippen LogP contribution in [-0.4, -0.2) is 89.0 Å². The summed E-state index contributed by atoms with van der Waals surface area (Å²) in [6, 6.07) is 0. The molecular formula is C51H98O10. The number of ether oxygens (including phenoxy) is 4. The molecule has 0 spiro atoms. The van der Waals surface area contributed by atoms with Crippen LogP contribution in [0.1, 0.15) is 258 Å². The molecule has 2 unspecified atom stereocenters. The van der Waals surface area contributed by atoms with Gasteiger partial charge in [0.05, 0.1) is 13.2 Å².